The molecule has 3 aromatic carbocycles. The number of hydrogen-bond donors (Lipinski definition) is 2. The van der Waals surface area contributed by atoms with Crippen LogP contribution in [0.5, 0.6) is 5.75 Å². The standard InChI is InChI=1S/C32H31BrN2O4/c1-39-29-16-15-25(33)31-24(29)18-28(34-27(31)17-20-7-5-6-8-20)32(38)35-26(19-30(36)37)23-13-11-22(12-14-23)21-9-3-2-4-10-21/h2-4,9-16,18,20,26H,5-8,17,19H2,1H3,(H,35,38)(H,36,37). The summed E-state index contributed by atoms with van der Waals surface area (Å²) in [6.07, 6.45) is 5.28. The lowest BCUT2D eigenvalue weighted by molar-refractivity contribution is -0.137. The van der Waals surface area contributed by atoms with Gasteiger partial charge in [0.2, 0.25) is 0 Å². The Morgan fingerprint density at radius 1 is 1.03 bits per heavy atom. The highest BCUT2D eigenvalue weighted by molar-refractivity contribution is 9.10. The van der Waals surface area contributed by atoms with E-state index in [2.05, 4.69) is 21.2 Å². The van der Waals surface area contributed by atoms with E-state index in [-0.39, 0.29) is 12.1 Å². The van der Waals surface area contributed by atoms with Crippen LogP contribution in [0.1, 0.15) is 59.9 Å². The maximum absolute atomic E-state index is 13.6. The first kappa shape index (κ1) is 26.9. The van der Waals surface area contributed by atoms with Gasteiger partial charge in [0.25, 0.3) is 5.91 Å². The van der Waals surface area contributed by atoms with Crippen LogP contribution in [0.4, 0.5) is 0 Å². The van der Waals surface area contributed by atoms with Crippen LogP contribution in [-0.2, 0) is 11.2 Å². The third-order valence-corrected chi connectivity index (χ3v) is 8.15. The van der Waals surface area contributed by atoms with E-state index in [4.69, 9.17) is 9.72 Å². The van der Waals surface area contributed by atoms with Crippen LogP contribution in [0.15, 0.2) is 77.3 Å². The molecule has 0 aliphatic heterocycles. The fourth-order valence-corrected chi connectivity index (χ4v) is 6.08. The van der Waals surface area contributed by atoms with Crippen molar-refractivity contribution in [3.05, 3.63) is 94.2 Å². The second-order valence-corrected chi connectivity index (χ2v) is 10.9. The maximum Gasteiger partial charge on any atom is 0.305 e. The van der Waals surface area contributed by atoms with Gasteiger partial charge in [0.15, 0.2) is 0 Å². The number of aromatic nitrogens is 1. The Hall–Kier alpha value is -3.71. The summed E-state index contributed by atoms with van der Waals surface area (Å²) in [5.74, 6) is -0.215. The molecule has 4 aromatic rings. The Morgan fingerprint density at radius 3 is 2.38 bits per heavy atom. The molecule has 1 aromatic heterocycles. The Morgan fingerprint density at radius 2 is 1.72 bits per heavy atom. The van der Waals surface area contributed by atoms with Crippen LogP contribution in [0, 0.1) is 5.92 Å². The smallest absolute Gasteiger partial charge is 0.305 e. The van der Waals surface area contributed by atoms with E-state index in [1.807, 2.05) is 66.7 Å². The molecule has 1 fully saturated rings. The van der Waals surface area contributed by atoms with Crippen molar-refractivity contribution in [1.82, 2.24) is 10.3 Å². The summed E-state index contributed by atoms with van der Waals surface area (Å²) in [5, 5.41) is 14.3. The largest absolute Gasteiger partial charge is 0.496 e. The summed E-state index contributed by atoms with van der Waals surface area (Å²) in [6, 6.07) is 22.4. The van der Waals surface area contributed by atoms with Gasteiger partial charge < -0.3 is 15.2 Å². The summed E-state index contributed by atoms with van der Waals surface area (Å²) in [6.45, 7) is 0. The lowest BCUT2D eigenvalue weighted by Crippen LogP contribution is -2.31. The summed E-state index contributed by atoms with van der Waals surface area (Å²) in [5.41, 5.74) is 3.92. The summed E-state index contributed by atoms with van der Waals surface area (Å²) in [7, 11) is 1.61. The number of hydrogen-bond acceptors (Lipinski definition) is 4. The first-order valence-electron chi connectivity index (χ1n) is 13.3. The van der Waals surface area contributed by atoms with Crippen LogP contribution in [0.25, 0.3) is 21.9 Å². The zero-order valence-electron chi connectivity index (χ0n) is 21.8. The number of nitrogens with one attached hydrogen (secondary N) is 1. The van der Waals surface area contributed by atoms with E-state index in [1.165, 1.54) is 12.8 Å². The molecule has 1 saturated carbocycles. The molecule has 1 atom stereocenters. The number of pyridine rings is 1. The van der Waals surface area contributed by atoms with Crippen molar-refractivity contribution in [3.63, 3.8) is 0 Å². The van der Waals surface area contributed by atoms with Gasteiger partial charge in [0.05, 0.1) is 25.3 Å². The van der Waals surface area contributed by atoms with Crippen molar-refractivity contribution in [2.75, 3.05) is 7.11 Å². The SMILES string of the molecule is COc1ccc(Br)c2c(CC3CCCC3)nc(C(=O)NC(CC(=O)O)c3ccc(-c4ccccc4)cc3)cc12. The maximum atomic E-state index is 13.6. The van der Waals surface area contributed by atoms with E-state index >= 15 is 0 Å². The van der Waals surface area contributed by atoms with E-state index in [9.17, 15) is 14.7 Å². The third kappa shape index (κ3) is 6.14. The number of benzene rings is 3. The third-order valence-electron chi connectivity index (χ3n) is 7.49. The normalized spacial score (nSPS) is 14.3. The van der Waals surface area contributed by atoms with Gasteiger partial charge >= 0.3 is 5.97 Å². The van der Waals surface area contributed by atoms with Gasteiger partial charge in [-0.2, -0.15) is 0 Å². The van der Waals surface area contributed by atoms with Crippen LogP contribution in [0.2, 0.25) is 0 Å². The second kappa shape index (κ2) is 12.0. The molecule has 39 heavy (non-hydrogen) atoms. The monoisotopic (exact) mass is 586 g/mol. The lowest BCUT2D eigenvalue weighted by Gasteiger charge is -2.19. The van der Waals surface area contributed by atoms with Gasteiger partial charge in [-0.05, 0) is 47.2 Å². The molecule has 0 radical (unpaired) electrons. The quantitative estimate of drug-likeness (QED) is 0.214. The fraction of sp³-hybridized carbons (Fsp3) is 0.281. The number of methoxy groups -OCH3 is 1. The molecule has 1 amide bonds. The summed E-state index contributed by atoms with van der Waals surface area (Å²) < 4.78 is 6.55. The number of carboxylic acids is 1. The number of rotatable bonds is 9. The summed E-state index contributed by atoms with van der Waals surface area (Å²) >= 11 is 3.68. The number of carbonyl (C=O) groups excluding carboxylic acids is 1. The predicted octanol–water partition coefficient (Wildman–Crippen LogP) is 7.35. The number of ether oxygens (including phenoxy) is 1. The molecule has 1 aliphatic carbocycles. The van der Waals surface area contributed by atoms with Crippen LogP contribution >= 0.6 is 15.9 Å². The molecule has 0 spiro atoms. The van der Waals surface area contributed by atoms with Crippen LogP contribution < -0.4 is 10.1 Å². The van der Waals surface area contributed by atoms with Gasteiger partial charge in [-0.1, -0.05) is 96.2 Å². The van der Waals surface area contributed by atoms with Crippen LogP contribution in [-0.4, -0.2) is 29.1 Å². The highest BCUT2D eigenvalue weighted by Crippen LogP contribution is 2.37. The minimum atomic E-state index is -0.994. The van der Waals surface area contributed by atoms with Crippen molar-refractivity contribution in [3.8, 4) is 16.9 Å². The number of nitrogens with zero attached hydrogens (tertiary/aromatic N) is 1. The van der Waals surface area contributed by atoms with Crippen molar-refractivity contribution < 1.29 is 19.4 Å². The molecule has 7 heteroatoms. The Bertz CT molecular complexity index is 1480. The number of carboxylic acid groups (broad SMARTS) is 1. The average Bonchev–Trinajstić information content (AvgIpc) is 3.46. The first-order valence-corrected chi connectivity index (χ1v) is 14.1. The fourth-order valence-electron chi connectivity index (χ4n) is 5.51. The lowest BCUT2D eigenvalue weighted by atomic mass is 9.96. The zero-order chi connectivity index (χ0) is 27.4. The van der Waals surface area contributed by atoms with Gasteiger partial charge in [-0.3, -0.25) is 9.59 Å². The first-order chi connectivity index (χ1) is 18.9. The van der Waals surface area contributed by atoms with Gasteiger partial charge in [0.1, 0.15) is 11.4 Å². The second-order valence-electron chi connectivity index (χ2n) is 10.1. The number of aliphatic carboxylic acids is 1. The molecule has 1 unspecified atom stereocenters. The minimum Gasteiger partial charge on any atom is -0.496 e. The number of carbonyl (C=O) groups is 2. The van der Waals surface area contributed by atoms with Crippen LogP contribution in [0.3, 0.4) is 0 Å². The molecule has 6 nitrogen and oxygen atoms in total. The Labute approximate surface area is 236 Å². The molecule has 5 rings (SSSR count). The van der Waals surface area contributed by atoms with Crippen molar-refractivity contribution in [2.45, 2.75) is 44.6 Å². The molecule has 2 N–H and O–H groups in total. The topological polar surface area (TPSA) is 88.5 Å². The van der Waals surface area contributed by atoms with E-state index < -0.39 is 17.9 Å². The van der Waals surface area contributed by atoms with Crippen molar-refractivity contribution in [1.29, 1.82) is 0 Å². The Kier molecular flexibility index (Phi) is 8.27. The predicted molar refractivity (Wildman–Crippen MR) is 156 cm³/mol. The van der Waals surface area contributed by atoms with E-state index in [0.29, 0.717) is 11.7 Å². The number of amides is 1. The minimum absolute atomic E-state index is 0.242. The molecular formula is C32H31BrN2O4. The zero-order valence-corrected chi connectivity index (χ0v) is 23.4. The summed E-state index contributed by atoms with van der Waals surface area (Å²) in [4.78, 5) is 30.2. The molecule has 0 bridgehead atoms. The van der Waals surface area contributed by atoms with E-state index in [0.717, 1.165) is 56.9 Å². The Balaban J connectivity index is 1.48. The highest BCUT2D eigenvalue weighted by atomic mass is 79.9. The molecule has 1 heterocycles. The van der Waals surface area contributed by atoms with Gasteiger partial charge in [-0.25, -0.2) is 4.98 Å². The van der Waals surface area contributed by atoms with Gasteiger partial charge in [-0.15, -0.1) is 0 Å². The number of fused-ring (bicyclic) bond motifs is 1. The van der Waals surface area contributed by atoms with Gasteiger partial charge in [0, 0.05) is 15.2 Å². The molecular weight excluding hydrogens is 556 g/mol. The van der Waals surface area contributed by atoms with Crippen molar-refractivity contribution in [2.24, 2.45) is 5.92 Å². The molecule has 200 valence electrons. The van der Waals surface area contributed by atoms with Crippen molar-refractivity contribution >= 4 is 38.6 Å². The average molecular weight is 588 g/mol. The number of halogens is 1. The molecule has 1 aliphatic rings. The van der Waals surface area contributed by atoms with E-state index in [1.54, 1.807) is 13.2 Å². The molecule has 0 saturated heterocycles. The highest BCUT2D eigenvalue weighted by Gasteiger charge is 2.24.